The highest BCUT2D eigenvalue weighted by Gasteiger charge is 2.39. The van der Waals surface area contributed by atoms with Crippen LogP contribution in [0.1, 0.15) is 44.9 Å². The summed E-state index contributed by atoms with van der Waals surface area (Å²) in [5.41, 5.74) is 0. The Bertz CT molecular complexity index is 421. The van der Waals surface area contributed by atoms with Gasteiger partial charge in [0.1, 0.15) is 0 Å². The van der Waals surface area contributed by atoms with Gasteiger partial charge in [-0.15, -0.1) is 0 Å². The summed E-state index contributed by atoms with van der Waals surface area (Å²) in [4.78, 5) is 38.5. The molecule has 0 aromatic rings. The third kappa shape index (κ3) is 3.04. The number of carbonyl (C=O) groups excluding carboxylic acids is 3. The summed E-state index contributed by atoms with van der Waals surface area (Å²) >= 11 is 0. The predicted octanol–water partition coefficient (Wildman–Crippen LogP) is 1.54. The number of imide groups is 1. The molecule has 0 radical (unpaired) electrons. The zero-order valence-electron chi connectivity index (χ0n) is 12.3. The molecule has 2 aliphatic heterocycles. The molecule has 3 amide bonds. The maximum Gasteiger partial charge on any atom is 0.417 e. The fraction of sp³-hybridized carbons (Fsp3) is 0.800. The van der Waals surface area contributed by atoms with E-state index in [4.69, 9.17) is 4.74 Å². The van der Waals surface area contributed by atoms with Crippen LogP contribution in [-0.4, -0.2) is 53.4 Å². The highest BCUT2D eigenvalue weighted by Crippen LogP contribution is 2.29. The topological polar surface area (TPSA) is 66.9 Å². The van der Waals surface area contributed by atoms with E-state index >= 15 is 0 Å². The normalized spacial score (nSPS) is 24.8. The molecule has 0 spiro atoms. The van der Waals surface area contributed by atoms with Crippen molar-refractivity contribution in [3.05, 3.63) is 0 Å². The van der Waals surface area contributed by atoms with Crippen molar-refractivity contribution in [1.82, 2.24) is 9.80 Å². The summed E-state index contributed by atoms with van der Waals surface area (Å²) in [6.07, 6.45) is 6.31. The highest BCUT2D eigenvalue weighted by atomic mass is 16.6. The minimum Gasteiger partial charge on any atom is -0.439 e. The van der Waals surface area contributed by atoms with Crippen molar-refractivity contribution in [3.8, 4) is 0 Å². The summed E-state index contributed by atoms with van der Waals surface area (Å²) < 4.78 is 4.75. The van der Waals surface area contributed by atoms with Crippen LogP contribution < -0.4 is 0 Å². The number of nitrogens with zero attached hydrogens (tertiary/aromatic N) is 2. The first-order valence-corrected chi connectivity index (χ1v) is 7.91. The quantitative estimate of drug-likeness (QED) is 0.792. The highest BCUT2D eigenvalue weighted by molar-refractivity contribution is 5.98. The zero-order valence-corrected chi connectivity index (χ0v) is 12.3. The number of cyclic esters (lactones) is 1. The van der Waals surface area contributed by atoms with E-state index in [1.807, 2.05) is 4.90 Å². The molecule has 2 saturated heterocycles. The Morgan fingerprint density at radius 3 is 2.33 bits per heavy atom. The maximum atomic E-state index is 12.3. The van der Waals surface area contributed by atoms with E-state index in [-0.39, 0.29) is 24.5 Å². The first-order chi connectivity index (χ1) is 10.1. The predicted molar refractivity (Wildman–Crippen MR) is 74.4 cm³/mol. The van der Waals surface area contributed by atoms with Gasteiger partial charge in [-0.3, -0.25) is 9.59 Å². The average molecular weight is 294 g/mol. The summed E-state index contributed by atoms with van der Waals surface area (Å²) in [6, 6.07) is -0.108. The van der Waals surface area contributed by atoms with E-state index in [1.165, 1.54) is 30.6 Å². The maximum absolute atomic E-state index is 12.3. The second kappa shape index (κ2) is 6.03. The number of rotatable bonds is 3. The molecule has 0 N–H and O–H groups in total. The Hall–Kier alpha value is -1.59. The van der Waals surface area contributed by atoms with Crippen LogP contribution in [0.5, 0.6) is 0 Å². The molecular formula is C15H22N2O4. The molecule has 1 aliphatic carbocycles. The van der Waals surface area contributed by atoms with Gasteiger partial charge in [0.25, 0.3) is 5.91 Å². The van der Waals surface area contributed by atoms with Crippen molar-refractivity contribution < 1.29 is 19.1 Å². The molecule has 0 atom stereocenters. The number of ether oxygens (including phenoxy) is 1. The Morgan fingerprint density at radius 2 is 1.76 bits per heavy atom. The van der Waals surface area contributed by atoms with Gasteiger partial charge < -0.3 is 9.64 Å². The van der Waals surface area contributed by atoms with E-state index in [2.05, 4.69) is 0 Å². The van der Waals surface area contributed by atoms with Crippen molar-refractivity contribution in [1.29, 1.82) is 0 Å². The molecule has 116 valence electrons. The number of hydrogen-bond donors (Lipinski definition) is 0. The Kier molecular flexibility index (Phi) is 4.12. The summed E-state index contributed by atoms with van der Waals surface area (Å²) in [7, 11) is 0. The van der Waals surface area contributed by atoms with Gasteiger partial charge in [0.2, 0.25) is 5.91 Å². The lowest BCUT2D eigenvalue weighted by atomic mass is 10.00. The van der Waals surface area contributed by atoms with Gasteiger partial charge in [-0.05, 0) is 31.6 Å². The number of carbonyl (C=O) groups is 3. The third-order valence-electron chi connectivity index (χ3n) is 4.90. The van der Waals surface area contributed by atoms with Crippen LogP contribution in [0.4, 0.5) is 4.79 Å². The summed E-state index contributed by atoms with van der Waals surface area (Å²) in [5.74, 6) is 0.539. The average Bonchev–Trinajstić information content (AvgIpc) is 3.09. The number of hydrogen-bond acceptors (Lipinski definition) is 4. The van der Waals surface area contributed by atoms with Gasteiger partial charge >= 0.3 is 6.09 Å². The minimum absolute atomic E-state index is 0.108. The molecule has 6 nitrogen and oxygen atoms in total. The zero-order chi connectivity index (χ0) is 14.8. The number of amides is 3. The minimum atomic E-state index is -0.532. The molecule has 2 heterocycles. The summed E-state index contributed by atoms with van der Waals surface area (Å²) in [6.45, 7) is 1.13. The van der Waals surface area contributed by atoms with Gasteiger partial charge in [0, 0.05) is 25.6 Å². The molecular weight excluding hydrogens is 272 g/mol. The van der Waals surface area contributed by atoms with Gasteiger partial charge in [-0.2, -0.15) is 0 Å². The van der Waals surface area contributed by atoms with Gasteiger partial charge in [0.05, 0.1) is 0 Å². The SMILES string of the molecule is O=C(CC1CCCC1)N1CCC(N2C(=O)COC2=O)CC1. The Balaban J connectivity index is 1.49. The molecule has 0 aromatic heterocycles. The Morgan fingerprint density at radius 1 is 1.10 bits per heavy atom. The van der Waals surface area contributed by atoms with Crippen molar-refractivity contribution in [3.63, 3.8) is 0 Å². The fourth-order valence-electron chi connectivity index (χ4n) is 3.68. The molecule has 21 heavy (non-hydrogen) atoms. The van der Waals surface area contributed by atoms with Gasteiger partial charge in [0.15, 0.2) is 6.61 Å². The number of likely N-dealkylation sites (tertiary alicyclic amines) is 1. The van der Waals surface area contributed by atoms with Crippen LogP contribution in [-0.2, 0) is 14.3 Å². The number of piperidine rings is 1. The van der Waals surface area contributed by atoms with Gasteiger partial charge in [-0.25, -0.2) is 9.69 Å². The lowest BCUT2D eigenvalue weighted by Gasteiger charge is -2.35. The molecule has 0 aromatic carbocycles. The second-order valence-electron chi connectivity index (χ2n) is 6.28. The van der Waals surface area contributed by atoms with Crippen LogP contribution in [0.2, 0.25) is 0 Å². The van der Waals surface area contributed by atoms with E-state index < -0.39 is 6.09 Å². The van der Waals surface area contributed by atoms with E-state index in [1.54, 1.807) is 0 Å². The smallest absolute Gasteiger partial charge is 0.417 e. The molecule has 0 unspecified atom stereocenters. The molecule has 3 aliphatic rings. The molecule has 6 heteroatoms. The first-order valence-electron chi connectivity index (χ1n) is 7.91. The van der Waals surface area contributed by atoms with Gasteiger partial charge in [-0.1, -0.05) is 12.8 Å². The lowest BCUT2D eigenvalue weighted by molar-refractivity contribution is -0.134. The second-order valence-corrected chi connectivity index (χ2v) is 6.28. The van der Waals surface area contributed by atoms with E-state index in [0.29, 0.717) is 38.3 Å². The van der Waals surface area contributed by atoms with Crippen LogP contribution in [0.3, 0.4) is 0 Å². The first kappa shape index (κ1) is 14.4. The standard InChI is InChI=1S/C15H22N2O4/c18-13(9-11-3-1-2-4-11)16-7-5-12(6-8-16)17-14(19)10-21-15(17)20/h11-12H,1-10H2. The largest absolute Gasteiger partial charge is 0.439 e. The molecule has 1 saturated carbocycles. The molecule has 3 rings (SSSR count). The Labute approximate surface area is 124 Å². The van der Waals surface area contributed by atoms with Crippen molar-refractivity contribution >= 4 is 17.9 Å². The third-order valence-corrected chi connectivity index (χ3v) is 4.90. The van der Waals surface area contributed by atoms with Crippen LogP contribution in [0.15, 0.2) is 0 Å². The van der Waals surface area contributed by atoms with Crippen molar-refractivity contribution in [2.45, 2.75) is 51.0 Å². The molecule has 0 bridgehead atoms. The van der Waals surface area contributed by atoms with Crippen LogP contribution in [0, 0.1) is 5.92 Å². The van der Waals surface area contributed by atoms with Crippen LogP contribution in [0.25, 0.3) is 0 Å². The van der Waals surface area contributed by atoms with E-state index in [0.717, 1.165) is 0 Å². The summed E-state index contributed by atoms with van der Waals surface area (Å²) in [5, 5.41) is 0. The monoisotopic (exact) mass is 294 g/mol. The lowest BCUT2D eigenvalue weighted by Crippen LogP contribution is -2.48. The molecule has 3 fully saturated rings. The fourth-order valence-corrected chi connectivity index (χ4v) is 3.68. The van der Waals surface area contributed by atoms with Crippen LogP contribution >= 0.6 is 0 Å². The van der Waals surface area contributed by atoms with E-state index in [9.17, 15) is 14.4 Å². The van der Waals surface area contributed by atoms with Crippen molar-refractivity contribution in [2.75, 3.05) is 19.7 Å². The van der Waals surface area contributed by atoms with Crippen molar-refractivity contribution in [2.24, 2.45) is 5.92 Å².